The number of hydrogen-bond acceptors (Lipinski definition) is 2. The van der Waals surface area contributed by atoms with Gasteiger partial charge < -0.3 is 0 Å². The molecule has 0 aliphatic carbocycles. The van der Waals surface area contributed by atoms with Crippen molar-refractivity contribution in [3.63, 3.8) is 0 Å². The van der Waals surface area contributed by atoms with Crippen molar-refractivity contribution >= 4 is 48.6 Å². The Morgan fingerprint density at radius 2 is 1.59 bits per heavy atom. The van der Waals surface area contributed by atoms with Crippen LogP contribution in [0.3, 0.4) is 0 Å². The number of imide groups is 1. The first-order valence-corrected chi connectivity index (χ1v) is 11.5. The van der Waals surface area contributed by atoms with Crippen LogP contribution >= 0.6 is 11.6 Å². The second-order valence-electron chi connectivity index (χ2n) is 6.72. The van der Waals surface area contributed by atoms with E-state index in [4.69, 9.17) is 11.6 Å². The summed E-state index contributed by atoms with van der Waals surface area (Å²) < 4.78 is 1.14. The van der Waals surface area contributed by atoms with Gasteiger partial charge >= 0.3 is 181 Å². The van der Waals surface area contributed by atoms with Gasteiger partial charge in [0.1, 0.15) is 0 Å². The summed E-state index contributed by atoms with van der Waals surface area (Å²) in [6.07, 6.45) is 0. The quantitative estimate of drug-likeness (QED) is 0.527. The van der Waals surface area contributed by atoms with Crippen LogP contribution in [0.1, 0.15) is 5.56 Å². The predicted octanol–water partition coefficient (Wildman–Crippen LogP) is 4.13. The van der Waals surface area contributed by atoms with Crippen molar-refractivity contribution in [2.75, 3.05) is 11.4 Å². The first-order valence-electron chi connectivity index (χ1n) is 9.26. The Labute approximate surface area is 181 Å². The molecule has 0 saturated carbocycles. The molecule has 1 aliphatic heterocycles. The van der Waals surface area contributed by atoms with Gasteiger partial charge in [0.05, 0.1) is 0 Å². The fraction of sp³-hybridized carbons (Fsp3) is 0.130. The van der Waals surface area contributed by atoms with Gasteiger partial charge in [-0.25, -0.2) is 0 Å². The number of urea groups is 1. The molecular formula is C23H19ClN2O2Se. The van der Waals surface area contributed by atoms with Gasteiger partial charge in [-0.2, -0.15) is 0 Å². The van der Waals surface area contributed by atoms with Crippen molar-refractivity contribution < 1.29 is 9.59 Å². The topological polar surface area (TPSA) is 40.6 Å². The number of rotatable bonds is 5. The van der Waals surface area contributed by atoms with E-state index in [0.29, 0.717) is 23.8 Å². The molecule has 3 aromatic rings. The molecule has 0 bridgehead atoms. The van der Waals surface area contributed by atoms with Crippen LogP contribution in [-0.4, -0.2) is 38.3 Å². The Kier molecular flexibility index (Phi) is 6.00. The second kappa shape index (κ2) is 8.83. The Balaban J connectivity index is 1.67. The summed E-state index contributed by atoms with van der Waals surface area (Å²) in [4.78, 5) is 29.3. The van der Waals surface area contributed by atoms with Gasteiger partial charge in [-0.15, -0.1) is 0 Å². The molecule has 0 radical (unpaired) electrons. The Morgan fingerprint density at radius 3 is 2.28 bits per heavy atom. The van der Waals surface area contributed by atoms with Crippen LogP contribution < -0.4 is 9.36 Å². The minimum absolute atomic E-state index is 0.0925. The fourth-order valence-electron chi connectivity index (χ4n) is 3.28. The van der Waals surface area contributed by atoms with Crippen LogP contribution in [0.2, 0.25) is 9.84 Å². The third-order valence-electron chi connectivity index (χ3n) is 4.65. The van der Waals surface area contributed by atoms with E-state index in [1.807, 2.05) is 60.7 Å². The molecule has 4 nitrogen and oxygen atoms in total. The molecule has 0 N–H and O–H groups in total. The van der Waals surface area contributed by atoms with Crippen molar-refractivity contribution in [3.05, 3.63) is 95.5 Å². The molecule has 1 saturated heterocycles. The van der Waals surface area contributed by atoms with Gasteiger partial charge in [-0.05, 0) is 0 Å². The standard InChI is InChI=1S/C23H19ClN2O2Se/c24-18-10-7-11-19(14-18)26-22(27)21(29-20-12-5-2-6-13-20)16-25(23(26)28)15-17-8-3-1-4-9-17/h1-14,21H,15-16H2. The van der Waals surface area contributed by atoms with Crippen molar-refractivity contribution in [2.24, 2.45) is 0 Å². The zero-order chi connectivity index (χ0) is 20.2. The number of nitrogens with zero attached hydrogens (tertiary/aromatic N) is 2. The van der Waals surface area contributed by atoms with Crippen molar-refractivity contribution in [1.29, 1.82) is 0 Å². The Bertz CT molecular complexity index is 954. The number of amides is 3. The van der Waals surface area contributed by atoms with E-state index < -0.39 is 0 Å². The number of hydrogen-bond donors (Lipinski definition) is 0. The zero-order valence-electron chi connectivity index (χ0n) is 15.6. The summed E-state index contributed by atoms with van der Waals surface area (Å²) in [5, 5.41) is 0.494. The van der Waals surface area contributed by atoms with E-state index in [2.05, 4.69) is 0 Å². The van der Waals surface area contributed by atoms with Crippen molar-refractivity contribution in [1.82, 2.24) is 4.90 Å². The van der Waals surface area contributed by atoms with E-state index in [-0.39, 0.29) is 31.7 Å². The number of carbonyl (C=O) groups is 2. The molecule has 1 unspecified atom stereocenters. The normalized spacial score (nSPS) is 16.9. The molecule has 1 atom stereocenters. The molecule has 3 amide bonds. The maximum absolute atomic E-state index is 13.3. The van der Waals surface area contributed by atoms with Crippen LogP contribution in [0.15, 0.2) is 84.9 Å². The molecule has 29 heavy (non-hydrogen) atoms. The van der Waals surface area contributed by atoms with Gasteiger partial charge in [0.15, 0.2) is 0 Å². The monoisotopic (exact) mass is 470 g/mol. The van der Waals surface area contributed by atoms with Crippen LogP contribution in [0.25, 0.3) is 0 Å². The van der Waals surface area contributed by atoms with Crippen LogP contribution in [0.4, 0.5) is 10.5 Å². The summed E-state index contributed by atoms with van der Waals surface area (Å²) in [6.45, 7) is 0.879. The van der Waals surface area contributed by atoms with Crippen LogP contribution in [0, 0.1) is 0 Å². The first-order chi connectivity index (χ1) is 14.1. The van der Waals surface area contributed by atoms with E-state index in [9.17, 15) is 9.59 Å². The minimum atomic E-state index is -0.304. The molecule has 3 aromatic carbocycles. The molecule has 6 heteroatoms. The molecule has 1 aliphatic rings. The molecular weight excluding hydrogens is 451 g/mol. The van der Waals surface area contributed by atoms with Gasteiger partial charge in [-0.3, -0.25) is 0 Å². The van der Waals surface area contributed by atoms with Gasteiger partial charge in [0, 0.05) is 0 Å². The first kappa shape index (κ1) is 19.7. The van der Waals surface area contributed by atoms with Crippen LogP contribution in [0.5, 0.6) is 0 Å². The number of carbonyl (C=O) groups excluding carboxylic acids is 2. The molecule has 146 valence electrons. The predicted molar refractivity (Wildman–Crippen MR) is 117 cm³/mol. The second-order valence-corrected chi connectivity index (χ2v) is 9.84. The summed E-state index contributed by atoms with van der Waals surface area (Å²) >= 11 is 6.04. The molecule has 4 rings (SSSR count). The van der Waals surface area contributed by atoms with Gasteiger partial charge in [0.25, 0.3) is 0 Å². The number of anilines is 1. The molecule has 0 aromatic heterocycles. The maximum atomic E-state index is 13.3. The van der Waals surface area contributed by atoms with Gasteiger partial charge in [0.2, 0.25) is 0 Å². The van der Waals surface area contributed by atoms with E-state index in [1.54, 1.807) is 29.2 Å². The summed E-state index contributed by atoms with van der Waals surface area (Å²) in [5.74, 6) is -0.162. The van der Waals surface area contributed by atoms with Crippen molar-refractivity contribution in [2.45, 2.75) is 11.4 Å². The molecule has 0 spiro atoms. The summed E-state index contributed by atoms with van der Waals surface area (Å²) in [7, 11) is 0. The third-order valence-corrected chi connectivity index (χ3v) is 7.36. The van der Waals surface area contributed by atoms with E-state index >= 15 is 0 Å². The average molecular weight is 470 g/mol. The van der Waals surface area contributed by atoms with Gasteiger partial charge in [-0.1, -0.05) is 0 Å². The SMILES string of the molecule is O=C1C([Se]c2ccccc2)CN(Cc2ccccc2)C(=O)N1c1cccc(Cl)c1. The third kappa shape index (κ3) is 4.54. The Hall–Kier alpha value is -2.59. The summed E-state index contributed by atoms with van der Waals surface area (Å²) in [6, 6.07) is 26.4. The van der Waals surface area contributed by atoms with E-state index in [0.717, 1.165) is 10.0 Å². The summed E-state index contributed by atoms with van der Waals surface area (Å²) in [5.41, 5.74) is 1.55. The molecule has 1 heterocycles. The van der Waals surface area contributed by atoms with Crippen molar-refractivity contribution in [3.8, 4) is 0 Å². The molecule has 1 fully saturated rings. The van der Waals surface area contributed by atoms with Crippen LogP contribution in [-0.2, 0) is 11.3 Å². The van der Waals surface area contributed by atoms with E-state index in [1.165, 1.54) is 4.90 Å². The average Bonchev–Trinajstić information content (AvgIpc) is 2.73. The zero-order valence-corrected chi connectivity index (χ0v) is 18.0. The number of halogens is 1. The number of benzene rings is 3. The Morgan fingerprint density at radius 1 is 0.897 bits per heavy atom. The fourth-order valence-corrected chi connectivity index (χ4v) is 5.78.